The normalized spacial score (nSPS) is 11.5. The molecule has 1 aromatic carbocycles. The second-order valence-electron chi connectivity index (χ2n) is 4.90. The van der Waals surface area contributed by atoms with Crippen molar-refractivity contribution in [3.05, 3.63) is 47.6 Å². The molecule has 2 heterocycles. The van der Waals surface area contributed by atoms with Gasteiger partial charge in [-0.2, -0.15) is 5.10 Å². The van der Waals surface area contributed by atoms with Crippen LogP contribution in [0.4, 0.5) is 0 Å². The zero-order valence-corrected chi connectivity index (χ0v) is 14.5. The maximum Gasteiger partial charge on any atom is 0.253 e. The van der Waals surface area contributed by atoms with Crippen LogP contribution in [0.2, 0.25) is 0 Å². The highest BCUT2D eigenvalue weighted by Crippen LogP contribution is 2.29. The van der Waals surface area contributed by atoms with Crippen molar-refractivity contribution >= 4 is 21.4 Å². The second kappa shape index (κ2) is 7.12. The third kappa shape index (κ3) is 3.64. The van der Waals surface area contributed by atoms with Crippen molar-refractivity contribution in [1.82, 2.24) is 19.9 Å². The Morgan fingerprint density at radius 3 is 2.79 bits per heavy atom. The predicted octanol–water partition coefficient (Wildman–Crippen LogP) is 2.06. The highest BCUT2D eigenvalue weighted by molar-refractivity contribution is 7.91. The van der Waals surface area contributed by atoms with Gasteiger partial charge in [0, 0.05) is 18.5 Å². The monoisotopic (exact) mass is 364 g/mol. The summed E-state index contributed by atoms with van der Waals surface area (Å²) in [6.45, 7) is 0.215. The Morgan fingerprint density at radius 1 is 1.25 bits per heavy atom. The van der Waals surface area contributed by atoms with E-state index in [4.69, 9.17) is 4.74 Å². The fraction of sp³-hybridized carbons (Fsp3) is 0.200. The minimum atomic E-state index is -3.59. The Bertz CT molecular complexity index is 904. The van der Waals surface area contributed by atoms with Gasteiger partial charge in [-0.3, -0.25) is 5.10 Å². The summed E-state index contributed by atoms with van der Waals surface area (Å²) in [4.78, 5) is 4.37. The fourth-order valence-electron chi connectivity index (χ4n) is 2.12. The number of sulfonamides is 1. The Kier molecular flexibility index (Phi) is 4.93. The van der Waals surface area contributed by atoms with E-state index in [9.17, 15) is 8.42 Å². The molecular weight excluding hydrogens is 348 g/mol. The SMILES string of the molecule is COc1ccsc1S(=O)(=O)NCCc1nc(-c2ccccc2)n[nH]1. The van der Waals surface area contributed by atoms with E-state index >= 15 is 0 Å². The molecule has 0 saturated heterocycles. The van der Waals surface area contributed by atoms with E-state index < -0.39 is 10.0 Å². The number of ether oxygens (including phenoxy) is 1. The minimum Gasteiger partial charge on any atom is -0.494 e. The lowest BCUT2D eigenvalue weighted by molar-refractivity contribution is 0.406. The summed E-state index contributed by atoms with van der Waals surface area (Å²) in [6.07, 6.45) is 0.409. The van der Waals surface area contributed by atoms with Gasteiger partial charge < -0.3 is 4.74 Å². The Labute approximate surface area is 143 Å². The number of H-pyrrole nitrogens is 1. The lowest BCUT2D eigenvalue weighted by Crippen LogP contribution is -2.25. The van der Waals surface area contributed by atoms with Crippen molar-refractivity contribution in [3.63, 3.8) is 0 Å². The number of nitrogens with one attached hydrogen (secondary N) is 2. The highest BCUT2D eigenvalue weighted by Gasteiger charge is 2.20. The summed E-state index contributed by atoms with van der Waals surface area (Å²) in [5, 5.41) is 8.65. The third-order valence-corrected chi connectivity index (χ3v) is 6.19. The number of aromatic nitrogens is 3. The topological polar surface area (TPSA) is 97.0 Å². The number of hydrogen-bond donors (Lipinski definition) is 2. The van der Waals surface area contributed by atoms with Crippen molar-refractivity contribution in [2.75, 3.05) is 13.7 Å². The summed E-state index contributed by atoms with van der Waals surface area (Å²) < 4.78 is 32.3. The second-order valence-corrected chi connectivity index (χ2v) is 7.77. The average molecular weight is 364 g/mol. The van der Waals surface area contributed by atoms with Crippen LogP contribution in [-0.4, -0.2) is 37.3 Å². The molecule has 0 radical (unpaired) electrons. The molecule has 0 fully saturated rings. The quantitative estimate of drug-likeness (QED) is 0.669. The highest BCUT2D eigenvalue weighted by atomic mass is 32.2. The number of aromatic amines is 1. The van der Waals surface area contributed by atoms with Crippen LogP contribution in [-0.2, 0) is 16.4 Å². The van der Waals surface area contributed by atoms with Gasteiger partial charge in [0.2, 0.25) is 0 Å². The van der Waals surface area contributed by atoms with Crippen LogP contribution in [0.25, 0.3) is 11.4 Å². The summed E-state index contributed by atoms with van der Waals surface area (Å²) in [7, 11) is -2.15. The molecule has 7 nitrogen and oxygen atoms in total. The van der Waals surface area contributed by atoms with Gasteiger partial charge in [0.1, 0.15) is 11.6 Å². The van der Waals surface area contributed by atoms with Gasteiger partial charge >= 0.3 is 0 Å². The van der Waals surface area contributed by atoms with Crippen molar-refractivity contribution in [3.8, 4) is 17.1 Å². The summed E-state index contributed by atoms with van der Waals surface area (Å²) in [5.74, 6) is 1.56. The molecule has 3 aromatic rings. The van der Waals surface area contributed by atoms with E-state index in [0.29, 0.717) is 23.8 Å². The largest absolute Gasteiger partial charge is 0.494 e. The van der Waals surface area contributed by atoms with Crippen molar-refractivity contribution < 1.29 is 13.2 Å². The molecule has 3 rings (SSSR count). The van der Waals surface area contributed by atoms with Crippen LogP contribution in [0.5, 0.6) is 5.75 Å². The number of thiophene rings is 1. The van der Waals surface area contributed by atoms with Crippen LogP contribution in [0.1, 0.15) is 5.82 Å². The molecule has 0 aliphatic heterocycles. The lowest BCUT2D eigenvalue weighted by atomic mass is 10.2. The molecule has 24 heavy (non-hydrogen) atoms. The van der Waals surface area contributed by atoms with Crippen molar-refractivity contribution in [2.45, 2.75) is 10.6 Å². The first-order valence-electron chi connectivity index (χ1n) is 7.18. The number of methoxy groups -OCH3 is 1. The van der Waals surface area contributed by atoms with E-state index in [-0.39, 0.29) is 10.8 Å². The molecule has 0 saturated carbocycles. The van der Waals surface area contributed by atoms with Gasteiger partial charge in [0.15, 0.2) is 10.0 Å². The molecule has 2 N–H and O–H groups in total. The van der Waals surface area contributed by atoms with Crippen LogP contribution < -0.4 is 9.46 Å². The van der Waals surface area contributed by atoms with Crippen LogP contribution >= 0.6 is 11.3 Å². The molecule has 0 aliphatic carbocycles. The summed E-state index contributed by atoms with van der Waals surface area (Å²) in [5.41, 5.74) is 0.906. The lowest BCUT2D eigenvalue weighted by Gasteiger charge is -2.05. The Morgan fingerprint density at radius 2 is 2.04 bits per heavy atom. The maximum absolute atomic E-state index is 12.3. The molecule has 0 unspecified atom stereocenters. The van der Waals surface area contributed by atoms with Crippen molar-refractivity contribution in [2.24, 2.45) is 0 Å². The number of nitrogens with zero attached hydrogens (tertiary/aromatic N) is 2. The number of hydrogen-bond acceptors (Lipinski definition) is 6. The molecular formula is C15H16N4O3S2. The first-order valence-corrected chi connectivity index (χ1v) is 9.54. The van der Waals surface area contributed by atoms with Crippen LogP contribution in [0.15, 0.2) is 46.0 Å². The zero-order valence-electron chi connectivity index (χ0n) is 12.9. The van der Waals surface area contributed by atoms with E-state index in [1.165, 1.54) is 7.11 Å². The fourth-order valence-corrected chi connectivity index (χ4v) is 4.47. The van der Waals surface area contributed by atoms with Gasteiger partial charge in [-0.25, -0.2) is 18.1 Å². The van der Waals surface area contributed by atoms with Gasteiger partial charge in [0.05, 0.1) is 7.11 Å². The Hall–Kier alpha value is -2.23. The summed E-state index contributed by atoms with van der Waals surface area (Å²) >= 11 is 1.12. The molecule has 2 aromatic heterocycles. The van der Waals surface area contributed by atoms with Crippen LogP contribution in [0.3, 0.4) is 0 Å². The molecule has 9 heteroatoms. The molecule has 126 valence electrons. The number of benzene rings is 1. The smallest absolute Gasteiger partial charge is 0.253 e. The van der Waals surface area contributed by atoms with Gasteiger partial charge in [0.25, 0.3) is 10.0 Å². The maximum atomic E-state index is 12.3. The van der Waals surface area contributed by atoms with Gasteiger partial charge in [-0.1, -0.05) is 30.3 Å². The van der Waals surface area contributed by atoms with E-state index in [2.05, 4.69) is 19.9 Å². The first-order chi connectivity index (χ1) is 11.6. The van der Waals surface area contributed by atoms with E-state index in [0.717, 1.165) is 16.9 Å². The standard InChI is InChI=1S/C15H16N4O3S2/c1-22-12-8-10-23-15(12)24(20,21)16-9-7-13-17-14(19-18-13)11-5-3-2-4-6-11/h2-6,8,10,16H,7,9H2,1H3,(H,17,18,19). The molecule has 0 atom stereocenters. The van der Waals surface area contributed by atoms with E-state index in [1.807, 2.05) is 30.3 Å². The minimum absolute atomic E-state index is 0.174. The van der Waals surface area contributed by atoms with Gasteiger partial charge in [-0.15, -0.1) is 11.3 Å². The number of rotatable bonds is 7. The molecule has 0 bridgehead atoms. The van der Waals surface area contributed by atoms with Gasteiger partial charge in [-0.05, 0) is 11.4 Å². The Balaban J connectivity index is 1.62. The predicted molar refractivity (Wildman–Crippen MR) is 91.6 cm³/mol. The van der Waals surface area contributed by atoms with Crippen molar-refractivity contribution in [1.29, 1.82) is 0 Å². The van der Waals surface area contributed by atoms with Crippen LogP contribution in [0, 0.1) is 0 Å². The molecule has 0 amide bonds. The first kappa shape index (κ1) is 16.6. The zero-order chi connectivity index (χ0) is 17.0. The summed E-state index contributed by atoms with van der Waals surface area (Å²) in [6, 6.07) is 11.2. The molecule has 0 spiro atoms. The average Bonchev–Trinajstić information content (AvgIpc) is 3.25. The molecule has 0 aliphatic rings. The van der Waals surface area contributed by atoms with E-state index in [1.54, 1.807) is 11.4 Å². The third-order valence-electron chi connectivity index (χ3n) is 3.28.